The molecule has 2 aromatic heterocycles. The van der Waals surface area contributed by atoms with Crippen molar-refractivity contribution in [2.24, 2.45) is 0 Å². The summed E-state index contributed by atoms with van der Waals surface area (Å²) in [5, 5.41) is 7.63. The van der Waals surface area contributed by atoms with Crippen LogP contribution in [0, 0.1) is 0 Å². The van der Waals surface area contributed by atoms with Crippen molar-refractivity contribution in [1.29, 1.82) is 0 Å². The molecule has 1 N–H and O–H groups in total. The third kappa shape index (κ3) is 5.23. The third-order valence-electron chi connectivity index (χ3n) is 4.87. The number of methoxy groups -OCH3 is 2. The molecular formula is C20H25ClN6O4S. The molecule has 12 heteroatoms. The third-order valence-corrected chi connectivity index (χ3v) is 6.76. The minimum Gasteiger partial charge on any atom is -0.383 e. The Bertz CT molecular complexity index is 1120. The number of halogens is 1. The zero-order valence-electron chi connectivity index (χ0n) is 18.1. The van der Waals surface area contributed by atoms with Crippen LogP contribution in [0.5, 0.6) is 0 Å². The second-order valence-corrected chi connectivity index (χ2v) is 9.63. The molecule has 3 rings (SSSR count). The van der Waals surface area contributed by atoms with Crippen LogP contribution in [0.1, 0.15) is 31.8 Å². The Kier molecular flexibility index (Phi) is 7.77. The first-order chi connectivity index (χ1) is 15.3. The SMILES string of the molecule is COC[C@@H](C)n1c(NS(=O)(=O)[C@@H](C)[C@H](OC)c2ncc(Cl)cn2)nnc1-c1ccccc1. The van der Waals surface area contributed by atoms with Crippen molar-refractivity contribution in [3.8, 4) is 11.4 Å². The lowest BCUT2D eigenvalue weighted by Crippen LogP contribution is -2.34. The van der Waals surface area contributed by atoms with E-state index in [1.165, 1.54) is 26.4 Å². The Morgan fingerprint density at radius 2 is 1.75 bits per heavy atom. The summed E-state index contributed by atoms with van der Waals surface area (Å²) in [6.07, 6.45) is 1.85. The van der Waals surface area contributed by atoms with Crippen LogP contribution in [0.3, 0.4) is 0 Å². The second kappa shape index (κ2) is 10.3. The highest BCUT2D eigenvalue weighted by molar-refractivity contribution is 7.93. The largest absolute Gasteiger partial charge is 0.383 e. The van der Waals surface area contributed by atoms with E-state index in [0.717, 1.165) is 5.56 Å². The number of ether oxygens (including phenoxy) is 2. The normalized spacial score (nSPS) is 14.7. The maximum absolute atomic E-state index is 13.2. The predicted octanol–water partition coefficient (Wildman–Crippen LogP) is 3.11. The van der Waals surface area contributed by atoms with Gasteiger partial charge in [0.2, 0.25) is 16.0 Å². The van der Waals surface area contributed by atoms with Crippen LogP contribution in [0.25, 0.3) is 11.4 Å². The van der Waals surface area contributed by atoms with Crippen molar-refractivity contribution in [3.63, 3.8) is 0 Å². The Hall–Kier alpha value is -2.60. The van der Waals surface area contributed by atoms with Crippen LogP contribution in [0.4, 0.5) is 5.95 Å². The van der Waals surface area contributed by atoms with Gasteiger partial charge in [0, 0.05) is 32.2 Å². The van der Waals surface area contributed by atoms with Gasteiger partial charge in [0.15, 0.2) is 11.6 Å². The van der Waals surface area contributed by atoms with Crippen molar-refractivity contribution in [3.05, 3.63) is 53.6 Å². The molecule has 0 unspecified atom stereocenters. The number of nitrogens with one attached hydrogen (secondary N) is 1. The Balaban J connectivity index is 1.95. The number of hydrogen-bond acceptors (Lipinski definition) is 8. The Labute approximate surface area is 192 Å². The predicted molar refractivity (Wildman–Crippen MR) is 121 cm³/mol. The highest BCUT2D eigenvalue weighted by Gasteiger charge is 2.34. The number of benzene rings is 1. The summed E-state index contributed by atoms with van der Waals surface area (Å²) in [6, 6.07) is 9.14. The average molecular weight is 481 g/mol. The monoisotopic (exact) mass is 480 g/mol. The fourth-order valence-corrected chi connectivity index (χ4v) is 4.47. The van der Waals surface area contributed by atoms with Gasteiger partial charge in [-0.1, -0.05) is 41.9 Å². The number of aromatic nitrogens is 5. The minimum absolute atomic E-state index is 0.0760. The van der Waals surface area contributed by atoms with Crippen molar-refractivity contribution in [2.75, 3.05) is 25.5 Å². The smallest absolute Gasteiger partial charge is 0.240 e. The van der Waals surface area contributed by atoms with Crippen LogP contribution in [0.2, 0.25) is 5.02 Å². The van der Waals surface area contributed by atoms with E-state index in [1.807, 2.05) is 37.3 Å². The number of nitrogens with zero attached hydrogens (tertiary/aromatic N) is 5. The molecule has 0 aliphatic rings. The van der Waals surface area contributed by atoms with Gasteiger partial charge in [-0.05, 0) is 13.8 Å². The molecular weight excluding hydrogens is 456 g/mol. The number of rotatable bonds is 10. The second-order valence-electron chi connectivity index (χ2n) is 7.16. The topological polar surface area (TPSA) is 121 Å². The summed E-state index contributed by atoms with van der Waals surface area (Å²) in [4.78, 5) is 8.19. The molecule has 0 saturated carbocycles. The van der Waals surface area contributed by atoms with Crippen LogP contribution in [-0.2, 0) is 19.5 Å². The van der Waals surface area contributed by atoms with Crippen LogP contribution in [-0.4, -0.2) is 59.2 Å². The summed E-state index contributed by atoms with van der Waals surface area (Å²) in [7, 11) is -1.01. The molecule has 3 aromatic rings. The van der Waals surface area contributed by atoms with E-state index < -0.39 is 21.4 Å². The molecule has 3 atom stereocenters. The van der Waals surface area contributed by atoms with Gasteiger partial charge < -0.3 is 9.47 Å². The number of anilines is 1. The maximum Gasteiger partial charge on any atom is 0.240 e. The number of sulfonamides is 1. The first-order valence-corrected chi connectivity index (χ1v) is 11.7. The maximum atomic E-state index is 13.2. The zero-order valence-corrected chi connectivity index (χ0v) is 19.7. The zero-order chi connectivity index (χ0) is 23.3. The van der Waals surface area contributed by atoms with Crippen LogP contribution < -0.4 is 4.72 Å². The molecule has 0 amide bonds. The van der Waals surface area contributed by atoms with E-state index >= 15 is 0 Å². The summed E-state index contributed by atoms with van der Waals surface area (Å²) >= 11 is 5.84. The lowest BCUT2D eigenvalue weighted by Gasteiger charge is -2.23. The highest BCUT2D eigenvalue weighted by atomic mass is 35.5. The van der Waals surface area contributed by atoms with E-state index in [1.54, 1.807) is 11.7 Å². The van der Waals surface area contributed by atoms with Crippen molar-refractivity contribution < 1.29 is 17.9 Å². The van der Waals surface area contributed by atoms with Crippen molar-refractivity contribution >= 4 is 27.6 Å². The molecule has 0 radical (unpaired) electrons. The summed E-state index contributed by atoms with van der Waals surface area (Å²) < 4.78 is 41.4. The van der Waals surface area contributed by atoms with E-state index in [2.05, 4.69) is 24.9 Å². The Morgan fingerprint density at radius 1 is 1.09 bits per heavy atom. The lowest BCUT2D eigenvalue weighted by atomic mass is 10.2. The molecule has 0 spiro atoms. The standard InChI is InChI=1S/C20H25ClN6O4S/c1-13(12-30-3)27-19(15-8-6-5-7-9-15)24-25-20(27)26-32(28,29)14(2)17(31-4)18-22-10-16(21)11-23-18/h5-11,13-14,17H,12H2,1-4H3,(H,25,26)/t13-,14+,17+/m1/s1. The van der Waals surface area contributed by atoms with Crippen molar-refractivity contribution in [2.45, 2.75) is 31.2 Å². The molecule has 0 aliphatic carbocycles. The first-order valence-electron chi connectivity index (χ1n) is 9.79. The van der Waals surface area contributed by atoms with Gasteiger partial charge in [0.05, 0.1) is 17.7 Å². The molecule has 0 saturated heterocycles. The fourth-order valence-electron chi connectivity index (χ4n) is 3.24. The average Bonchev–Trinajstić information content (AvgIpc) is 3.19. The molecule has 0 aliphatic heterocycles. The van der Waals surface area contributed by atoms with Gasteiger partial charge in [0.25, 0.3) is 0 Å². The van der Waals surface area contributed by atoms with Gasteiger partial charge in [-0.3, -0.25) is 9.29 Å². The Morgan fingerprint density at radius 3 is 2.34 bits per heavy atom. The van der Waals surface area contributed by atoms with Crippen LogP contribution >= 0.6 is 11.6 Å². The highest BCUT2D eigenvalue weighted by Crippen LogP contribution is 2.28. The molecule has 10 nitrogen and oxygen atoms in total. The molecule has 0 fully saturated rings. The summed E-state index contributed by atoms with van der Waals surface area (Å²) in [5.74, 6) is 0.797. The van der Waals surface area contributed by atoms with Gasteiger partial charge >= 0.3 is 0 Å². The van der Waals surface area contributed by atoms with Crippen LogP contribution in [0.15, 0.2) is 42.7 Å². The summed E-state index contributed by atoms with van der Waals surface area (Å²) in [5.41, 5.74) is 0.797. The lowest BCUT2D eigenvalue weighted by molar-refractivity contribution is 0.0950. The molecule has 32 heavy (non-hydrogen) atoms. The molecule has 1 aromatic carbocycles. The van der Waals surface area contributed by atoms with Crippen molar-refractivity contribution in [1.82, 2.24) is 24.7 Å². The van der Waals surface area contributed by atoms with Gasteiger partial charge in [0.1, 0.15) is 11.4 Å². The fraction of sp³-hybridized carbons (Fsp3) is 0.400. The van der Waals surface area contributed by atoms with Gasteiger partial charge in [-0.2, -0.15) is 0 Å². The van der Waals surface area contributed by atoms with Gasteiger partial charge in [-0.15, -0.1) is 10.2 Å². The van der Waals surface area contributed by atoms with E-state index in [4.69, 9.17) is 21.1 Å². The van der Waals surface area contributed by atoms with E-state index in [-0.39, 0.29) is 17.8 Å². The number of hydrogen-bond donors (Lipinski definition) is 1. The quantitative estimate of drug-likeness (QED) is 0.469. The first kappa shape index (κ1) is 24.1. The van der Waals surface area contributed by atoms with E-state index in [0.29, 0.717) is 17.5 Å². The van der Waals surface area contributed by atoms with E-state index in [9.17, 15) is 8.42 Å². The molecule has 172 valence electrons. The minimum atomic E-state index is -3.97. The van der Waals surface area contributed by atoms with Gasteiger partial charge in [-0.25, -0.2) is 18.4 Å². The summed E-state index contributed by atoms with van der Waals surface area (Å²) in [6.45, 7) is 3.73. The molecule has 2 heterocycles. The molecule has 0 bridgehead atoms.